The van der Waals surface area contributed by atoms with Crippen molar-refractivity contribution in [2.24, 2.45) is 4.99 Å². The topological polar surface area (TPSA) is 33.6 Å². The van der Waals surface area contributed by atoms with Gasteiger partial charge >= 0.3 is 0 Å². The van der Waals surface area contributed by atoms with Crippen molar-refractivity contribution in [3.05, 3.63) is 101 Å². The van der Waals surface area contributed by atoms with Crippen molar-refractivity contribution >= 4 is 27.9 Å². The number of aliphatic imine (C=N–C) groups is 1. The fraction of sp³-hybridized carbons (Fsp3) is 0.219. The third-order valence-electron chi connectivity index (χ3n) is 7.27. The summed E-state index contributed by atoms with van der Waals surface area (Å²) in [4.78, 5) is 4.96. The molecule has 0 fully saturated rings. The Morgan fingerprint density at radius 2 is 1.60 bits per heavy atom. The molecular weight excluding hydrogens is 428 g/mol. The monoisotopic (exact) mass is 458 g/mol. The molecule has 0 amide bonds. The third kappa shape index (κ3) is 3.54. The van der Waals surface area contributed by atoms with Gasteiger partial charge in [0.05, 0.1) is 5.56 Å². The van der Waals surface area contributed by atoms with Crippen LogP contribution in [0.5, 0.6) is 5.75 Å². The number of rotatable bonds is 4. The maximum atomic E-state index is 6.94. The lowest BCUT2D eigenvalue weighted by atomic mass is 9.83. The first-order chi connectivity index (χ1) is 17.2. The van der Waals surface area contributed by atoms with Crippen LogP contribution in [0.25, 0.3) is 33.2 Å². The molecule has 0 saturated heterocycles. The van der Waals surface area contributed by atoms with Crippen LogP contribution in [-0.4, -0.2) is 18.9 Å². The predicted octanol–water partition coefficient (Wildman–Crippen LogP) is 7.40. The van der Waals surface area contributed by atoms with E-state index < -0.39 is 0 Å². The lowest BCUT2D eigenvalue weighted by molar-refractivity contribution is 0.517. The van der Waals surface area contributed by atoms with Crippen LogP contribution in [0.2, 0.25) is 0 Å². The lowest BCUT2D eigenvalue weighted by Gasteiger charge is -2.30. The number of nitrogens with zero attached hydrogens (tertiary/aromatic N) is 1. The Kier molecular flexibility index (Phi) is 5.41. The van der Waals surface area contributed by atoms with Crippen LogP contribution in [0.1, 0.15) is 48.1 Å². The maximum absolute atomic E-state index is 6.94. The molecule has 35 heavy (non-hydrogen) atoms. The summed E-state index contributed by atoms with van der Waals surface area (Å²) >= 11 is 0. The minimum absolute atomic E-state index is 0.828. The summed E-state index contributed by atoms with van der Waals surface area (Å²) in [6.07, 6.45) is 2.04. The number of hydrogen-bond donors (Lipinski definition) is 1. The highest BCUT2D eigenvalue weighted by Crippen LogP contribution is 2.49. The van der Waals surface area contributed by atoms with Crippen LogP contribution in [0.4, 0.5) is 0 Å². The fourth-order valence-corrected chi connectivity index (χ4v) is 5.46. The van der Waals surface area contributed by atoms with Crippen LogP contribution < -0.4 is 10.1 Å². The highest BCUT2D eigenvalue weighted by molar-refractivity contribution is 6.18. The van der Waals surface area contributed by atoms with E-state index >= 15 is 0 Å². The van der Waals surface area contributed by atoms with Gasteiger partial charge in [-0.15, -0.1) is 0 Å². The summed E-state index contributed by atoms with van der Waals surface area (Å²) in [6, 6.07) is 25.9. The van der Waals surface area contributed by atoms with Gasteiger partial charge in [-0.3, -0.25) is 4.99 Å². The predicted molar refractivity (Wildman–Crippen MR) is 147 cm³/mol. The summed E-state index contributed by atoms with van der Waals surface area (Å²) in [5.74, 6) is 2.78. The minimum atomic E-state index is 0.828. The fourth-order valence-electron chi connectivity index (χ4n) is 5.46. The molecule has 0 saturated carbocycles. The molecule has 1 N–H and O–H groups in total. The zero-order valence-electron chi connectivity index (χ0n) is 20.6. The minimum Gasteiger partial charge on any atom is -0.455 e. The average molecular weight is 459 g/mol. The van der Waals surface area contributed by atoms with Gasteiger partial charge in [0.25, 0.3) is 0 Å². The van der Waals surface area contributed by atoms with Crippen molar-refractivity contribution in [1.29, 1.82) is 0 Å². The van der Waals surface area contributed by atoms with Crippen molar-refractivity contribution in [2.75, 3.05) is 13.1 Å². The second-order valence-corrected chi connectivity index (χ2v) is 9.42. The van der Waals surface area contributed by atoms with E-state index in [4.69, 9.17) is 9.73 Å². The zero-order chi connectivity index (χ0) is 23.9. The second-order valence-electron chi connectivity index (χ2n) is 9.42. The molecule has 0 atom stereocenters. The normalized spacial score (nSPS) is 15.0. The van der Waals surface area contributed by atoms with Crippen molar-refractivity contribution < 1.29 is 4.74 Å². The molecule has 0 radical (unpaired) electrons. The highest BCUT2D eigenvalue weighted by atomic mass is 16.5. The van der Waals surface area contributed by atoms with Gasteiger partial charge in [0, 0.05) is 29.6 Å². The Balaban J connectivity index is 1.76. The molecule has 2 heterocycles. The van der Waals surface area contributed by atoms with Crippen molar-refractivity contribution in [1.82, 2.24) is 5.32 Å². The number of hydrogen-bond acceptors (Lipinski definition) is 3. The average Bonchev–Trinajstić information content (AvgIpc) is 2.92. The SMILES string of the molecule is CCc1cc2c3c(c(C4=NCCCN4)c(-c4ccccc4)c(C)c3c1)OC(c1ccccc1)=C2C. The second kappa shape index (κ2) is 8.74. The molecule has 6 rings (SSSR count). The van der Waals surface area contributed by atoms with E-state index in [-0.39, 0.29) is 0 Å². The quantitative estimate of drug-likeness (QED) is 0.346. The number of amidine groups is 1. The molecule has 3 nitrogen and oxygen atoms in total. The van der Waals surface area contributed by atoms with Crippen LogP contribution in [0.15, 0.2) is 77.8 Å². The zero-order valence-corrected chi connectivity index (χ0v) is 20.6. The number of allylic oxidation sites excluding steroid dienone is 1. The van der Waals surface area contributed by atoms with Gasteiger partial charge in [-0.2, -0.15) is 0 Å². The molecule has 2 aliphatic heterocycles. The van der Waals surface area contributed by atoms with Crippen LogP contribution in [-0.2, 0) is 6.42 Å². The Morgan fingerprint density at radius 3 is 2.26 bits per heavy atom. The van der Waals surface area contributed by atoms with E-state index in [0.29, 0.717) is 0 Å². The Hall–Kier alpha value is -3.85. The van der Waals surface area contributed by atoms with Gasteiger partial charge in [-0.05, 0) is 59.9 Å². The first-order valence-corrected chi connectivity index (χ1v) is 12.6. The molecule has 0 spiro atoms. The largest absolute Gasteiger partial charge is 0.455 e. The van der Waals surface area contributed by atoms with Crippen LogP contribution in [0, 0.1) is 6.92 Å². The Morgan fingerprint density at radius 1 is 0.886 bits per heavy atom. The summed E-state index contributed by atoms with van der Waals surface area (Å²) in [5.41, 5.74) is 9.62. The number of aryl methyl sites for hydroxylation is 2. The maximum Gasteiger partial charge on any atom is 0.147 e. The van der Waals surface area contributed by atoms with Crippen molar-refractivity contribution in [3.63, 3.8) is 0 Å². The van der Waals surface area contributed by atoms with Gasteiger partial charge in [0.1, 0.15) is 17.3 Å². The van der Waals surface area contributed by atoms with Crippen molar-refractivity contribution in [2.45, 2.75) is 33.6 Å². The van der Waals surface area contributed by atoms with Crippen LogP contribution >= 0.6 is 0 Å². The van der Waals surface area contributed by atoms with Gasteiger partial charge in [-0.25, -0.2) is 0 Å². The smallest absolute Gasteiger partial charge is 0.147 e. The van der Waals surface area contributed by atoms with Crippen molar-refractivity contribution in [3.8, 4) is 16.9 Å². The highest BCUT2D eigenvalue weighted by Gasteiger charge is 2.30. The van der Waals surface area contributed by atoms with E-state index in [9.17, 15) is 0 Å². The van der Waals surface area contributed by atoms with Gasteiger partial charge in [-0.1, -0.05) is 79.7 Å². The Bertz CT molecular complexity index is 1500. The molecular formula is C32H30N2O. The molecule has 2 aliphatic rings. The Labute approximate surface area is 207 Å². The molecule has 0 bridgehead atoms. The summed E-state index contributed by atoms with van der Waals surface area (Å²) in [5, 5.41) is 6.06. The number of ether oxygens (including phenoxy) is 1. The van der Waals surface area contributed by atoms with E-state index in [1.807, 2.05) is 0 Å². The first kappa shape index (κ1) is 21.7. The summed E-state index contributed by atoms with van der Waals surface area (Å²) in [7, 11) is 0. The molecule has 4 aromatic rings. The molecule has 4 aromatic carbocycles. The molecule has 0 aliphatic carbocycles. The molecule has 174 valence electrons. The van der Waals surface area contributed by atoms with E-state index in [1.165, 1.54) is 44.2 Å². The van der Waals surface area contributed by atoms with E-state index in [2.05, 4.69) is 98.9 Å². The standard InChI is InChI=1S/C32H30N2O/c1-4-22-18-25-20(2)27(23-12-7-5-8-13-23)29(32-33-16-11-17-34-32)31-28(25)26(19-22)21(3)30(35-31)24-14-9-6-10-15-24/h5-10,12-15,18-19H,4,11,16-17H2,1-3H3,(H,33,34). The summed E-state index contributed by atoms with van der Waals surface area (Å²) in [6.45, 7) is 8.42. The molecule has 0 unspecified atom stereocenters. The molecule has 0 aromatic heterocycles. The molecule has 3 heteroatoms. The summed E-state index contributed by atoms with van der Waals surface area (Å²) < 4.78 is 6.94. The van der Waals surface area contributed by atoms with Gasteiger partial charge in [0.15, 0.2) is 0 Å². The van der Waals surface area contributed by atoms with Gasteiger partial charge in [0.2, 0.25) is 0 Å². The number of benzene rings is 4. The van der Waals surface area contributed by atoms with Gasteiger partial charge < -0.3 is 10.1 Å². The number of nitrogens with one attached hydrogen (secondary N) is 1. The van der Waals surface area contributed by atoms with E-state index in [1.54, 1.807) is 0 Å². The van der Waals surface area contributed by atoms with E-state index in [0.717, 1.165) is 54.4 Å². The lowest BCUT2D eigenvalue weighted by Crippen LogP contribution is -2.31. The van der Waals surface area contributed by atoms with Crippen LogP contribution in [0.3, 0.4) is 0 Å². The third-order valence-corrected chi connectivity index (χ3v) is 7.27. The first-order valence-electron chi connectivity index (χ1n) is 12.6.